The quantitative estimate of drug-likeness (QED) is 0.863. The highest BCUT2D eigenvalue weighted by Gasteiger charge is 2.10. The van der Waals surface area contributed by atoms with Crippen LogP contribution in [0.3, 0.4) is 0 Å². The van der Waals surface area contributed by atoms with E-state index in [0.29, 0.717) is 0 Å². The van der Waals surface area contributed by atoms with Crippen molar-refractivity contribution < 1.29 is 4.79 Å². The molecule has 0 saturated heterocycles. The molecule has 0 fully saturated rings. The Balaban J connectivity index is 2.09. The standard InChI is InChI=1S/C17H19NO/c1-3-13(2)17(19)18-16-11-9-15(10-12-16)14-7-5-4-6-8-14/h4-13H,3H2,1-2H3,(H,18,19). The summed E-state index contributed by atoms with van der Waals surface area (Å²) in [6.07, 6.45) is 0.855. The molecular weight excluding hydrogens is 234 g/mol. The maximum Gasteiger partial charge on any atom is 0.227 e. The Labute approximate surface area is 114 Å². The molecule has 2 aromatic rings. The van der Waals surface area contributed by atoms with E-state index in [4.69, 9.17) is 0 Å². The van der Waals surface area contributed by atoms with Crippen molar-refractivity contribution in [1.29, 1.82) is 0 Å². The largest absolute Gasteiger partial charge is 0.326 e. The van der Waals surface area contributed by atoms with E-state index in [2.05, 4.69) is 17.4 Å². The van der Waals surface area contributed by atoms with Gasteiger partial charge in [-0.2, -0.15) is 0 Å². The topological polar surface area (TPSA) is 29.1 Å². The van der Waals surface area contributed by atoms with Gasteiger partial charge in [-0.15, -0.1) is 0 Å². The smallest absolute Gasteiger partial charge is 0.227 e. The van der Waals surface area contributed by atoms with Crippen LogP contribution in [0.15, 0.2) is 54.6 Å². The maximum absolute atomic E-state index is 11.8. The molecule has 2 rings (SSSR count). The van der Waals surface area contributed by atoms with E-state index in [1.54, 1.807) is 0 Å². The summed E-state index contributed by atoms with van der Waals surface area (Å²) in [4.78, 5) is 11.8. The minimum Gasteiger partial charge on any atom is -0.326 e. The molecule has 0 radical (unpaired) electrons. The molecule has 0 aromatic heterocycles. The van der Waals surface area contributed by atoms with Crippen LogP contribution in [0.4, 0.5) is 5.69 Å². The average Bonchev–Trinajstić information content (AvgIpc) is 2.48. The van der Waals surface area contributed by atoms with Crippen molar-refractivity contribution in [2.45, 2.75) is 20.3 Å². The fourth-order valence-corrected chi connectivity index (χ4v) is 1.83. The third-order valence-corrected chi connectivity index (χ3v) is 3.32. The molecular formula is C17H19NO. The molecule has 0 aliphatic heterocycles. The van der Waals surface area contributed by atoms with E-state index in [1.807, 2.05) is 56.3 Å². The summed E-state index contributed by atoms with van der Waals surface area (Å²) in [5.41, 5.74) is 3.19. The number of benzene rings is 2. The second kappa shape index (κ2) is 6.19. The molecule has 0 aliphatic carbocycles. The first-order valence-corrected chi connectivity index (χ1v) is 6.67. The summed E-state index contributed by atoms with van der Waals surface area (Å²) in [6, 6.07) is 18.2. The molecule has 2 nitrogen and oxygen atoms in total. The van der Waals surface area contributed by atoms with Gasteiger partial charge in [-0.25, -0.2) is 0 Å². The van der Waals surface area contributed by atoms with Crippen molar-refractivity contribution in [3.8, 4) is 11.1 Å². The van der Waals surface area contributed by atoms with Crippen LogP contribution in [-0.4, -0.2) is 5.91 Å². The van der Waals surface area contributed by atoms with Gasteiger partial charge in [0.1, 0.15) is 0 Å². The van der Waals surface area contributed by atoms with Crippen molar-refractivity contribution >= 4 is 11.6 Å². The number of hydrogen-bond acceptors (Lipinski definition) is 1. The van der Waals surface area contributed by atoms with E-state index in [-0.39, 0.29) is 11.8 Å². The minimum absolute atomic E-state index is 0.0498. The normalized spacial score (nSPS) is 11.9. The number of carbonyl (C=O) groups excluding carboxylic acids is 1. The van der Waals surface area contributed by atoms with Gasteiger partial charge in [-0.05, 0) is 29.7 Å². The summed E-state index contributed by atoms with van der Waals surface area (Å²) in [6.45, 7) is 3.95. The zero-order valence-corrected chi connectivity index (χ0v) is 11.4. The Hall–Kier alpha value is -2.09. The second-order valence-corrected chi connectivity index (χ2v) is 4.74. The Morgan fingerprint density at radius 2 is 1.58 bits per heavy atom. The van der Waals surface area contributed by atoms with Crippen LogP contribution >= 0.6 is 0 Å². The summed E-state index contributed by atoms with van der Waals surface area (Å²) in [5.74, 6) is 0.128. The molecule has 2 heteroatoms. The number of amides is 1. The van der Waals surface area contributed by atoms with Crippen molar-refractivity contribution in [3.63, 3.8) is 0 Å². The number of carbonyl (C=O) groups is 1. The molecule has 1 unspecified atom stereocenters. The fraction of sp³-hybridized carbons (Fsp3) is 0.235. The monoisotopic (exact) mass is 253 g/mol. The predicted molar refractivity (Wildman–Crippen MR) is 80.0 cm³/mol. The molecule has 0 aliphatic rings. The first-order chi connectivity index (χ1) is 9.20. The highest BCUT2D eigenvalue weighted by atomic mass is 16.1. The lowest BCUT2D eigenvalue weighted by atomic mass is 10.1. The van der Waals surface area contributed by atoms with Gasteiger partial charge < -0.3 is 5.32 Å². The molecule has 19 heavy (non-hydrogen) atoms. The molecule has 0 saturated carbocycles. The van der Waals surface area contributed by atoms with Crippen LogP contribution in [0.1, 0.15) is 20.3 Å². The summed E-state index contributed by atoms with van der Waals surface area (Å²) < 4.78 is 0. The second-order valence-electron chi connectivity index (χ2n) is 4.74. The zero-order valence-electron chi connectivity index (χ0n) is 11.4. The van der Waals surface area contributed by atoms with Crippen molar-refractivity contribution in [3.05, 3.63) is 54.6 Å². The van der Waals surface area contributed by atoms with Gasteiger partial charge in [0.15, 0.2) is 0 Å². The van der Waals surface area contributed by atoms with E-state index in [1.165, 1.54) is 5.56 Å². The highest BCUT2D eigenvalue weighted by Crippen LogP contribution is 2.21. The lowest BCUT2D eigenvalue weighted by Crippen LogP contribution is -2.19. The number of rotatable bonds is 4. The van der Waals surface area contributed by atoms with Gasteiger partial charge in [0.05, 0.1) is 0 Å². The van der Waals surface area contributed by atoms with Crippen LogP contribution in [0.25, 0.3) is 11.1 Å². The number of hydrogen-bond donors (Lipinski definition) is 1. The van der Waals surface area contributed by atoms with Crippen molar-refractivity contribution in [1.82, 2.24) is 0 Å². The molecule has 98 valence electrons. The highest BCUT2D eigenvalue weighted by molar-refractivity contribution is 5.92. The SMILES string of the molecule is CCC(C)C(=O)Nc1ccc(-c2ccccc2)cc1. The minimum atomic E-state index is 0.0498. The van der Waals surface area contributed by atoms with Crippen molar-refractivity contribution in [2.75, 3.05) is 5.32 Å². The van der Waals surface area contributed by atoms with Crippen LogP contribution < -0.4 is 5.32 Å². The molecule has 1 atom stereocenters. The average molecular weight is 253 g/mol. The van der Waals surface area contributed by atoms with E-state index >= 15 is 0 Å². The van der Waals surface area contributed by atoms with E-state index < -0.39 is 0 Å². The lowest BCUT2D eigenvalue weighted by Gasteiger charge is -2.10. The van der Waals surface area contributed by atoms with Crippen LogP contribution in [0.5, 0.6) is 0 Å². The summed E-state index contributed by atoms with van der Waals surface area (Å²) in [7, 11) is 0. The molecule has 2 aromatic carbocycles. The maximum atomic E-state index is 11.8. The third kappa shape index (κ3) is 3.44. The van der Waals surface area contributed by atoms with Gasteiger partial charge in [-0.3, -0.25) is 4.79 Å². The Morgan fingerprint density at radius 3 is 2.16 bits per heavy atom. The van der Waals surface area contributed by atoms with Gasteiger partial charge in [0.25, 0.3) is 0 Å². The molecule has 0 spiro atoms. The summed E-state index contributed by atoms with van der Waals surface area (Å²) in [5, 5.41) is 2.93. The Morgan fingerprint density at radius 1 is 1.00 bits per heavy atom. The zero-order chi connectivity index (χ0) is 13.7. The predicted octanol–water partition coefficient (Wildman–Crippen LogP) is 4.34. The molecule has 1 N–H and O–H groups in total. The van der Waals surface area contributed by atoms with Gasteiger partial charge >= 0.3 is 0 Å². The van der Waals surface area contributed by atoms with Crippen LogP contribution in [0, 0.1) is 5.92 Å². The number of anilines is 1. The number of nitrogens with one attached hydrogen (secondary N) is 1. The Bertz CT molecular complexity index is 531. The summed E-state index contributed by atoms with van der Waals surface area (Å²) >= 11 is 0. The third-order valence-electron chi connectivity index (χ3n) is 3.32. The molecule has 0 bridgehead atoms. The van der Waals surface area contributed by atoms with Gasteiger partial charge in [0.2, 0.25) is 5.91 Å². The van der Waals surface area contributed by atoms with E-state index in [0.717, 1.165) is 17.7 Å². The fourth-order valence-electron chi connectivity index (χ4n) is 1.83. The van der Waals surface area contributed by atoms with Crippen LogP contribution in [0.2, 0.25) is 0 Å². The van der Waals surface area contributed by atoms with Gasteiger partial charge in [0, 0.05) is 11.6 Å². The van der Waals surface area contributed by atoms with Gasteiger partial charge in [-0.1, -0.05) is 56.3 Å². The first-order valence-electron chi connectivity index (χ1n) is 6.67. The Kier molecular flexibility index (Phi) is 4.35. The van der Waals surface area contributed by atoms with Crippen molar-refractivity contribution in [2.24, 2.45) is 5.92 Å². The molecule has 1 amide bonds. The van der Waals surface area contributed by atoms with Crippen LogP contribution in [-0.2, 0) is 4.79 Å². The van der Waals surface area contributed by atoms with E-state index in [9.17, 15) is 4.79 Å². The molecule has 0 heterocycles. The first kappa shape index (κ1) is 13.3. The lowest BCUT2D eigenvalue weighted by molar-refractivity contribution is -0.119.